The van der Waals surface area contributed by atoms with E-state index in [1.165, 1.54) is 6.92 Å². The number of aliphatic carboxylic acids is 1. The molecule has 0 spiro atoms. The van der Waals surface area contributed by atoms with Gasteiger partial charge in [0.1, 0.15) is 24.1 Å². The first kappa shape index (κ1) is 24.4. The van der Waals surface area contributed by atoms with Crippen molar-refractivity contribution in [1.82, 2.24) is 5.32 Å². The number of nitro groups is 1. The third-order valence-electron chi connectivity index (χ3n) is 4.80. The average molecular weight is 444 g/mol. The fraction of sp³-hybridized carbons (Fsp3) is 0.556. The number of nitrogens with zero attached hydrogens (tertiary/aromatic N) is 1. The SMILES string of the molecule is CCC(=O)N[C@H]1[C@H]([C@H](O)[C@H](O)CO)O[C@@](Oc2ccc([N+](=O)[O-])cc2)(C(=O)O)C[C@@H]1O. The van der Waals surface area contributed by atoms with E-state index in [2.05, 4.69) is 5.32 Å². The number of hydrogen-bond donors (Lipinski definition) is 6. The number of carboxylic acids is 1. The summed E-state index contributed by atoms with van der Waals surface area (Å²) in [5.74, 6) is -4.94. The van der Waals surface area contributed by atoms with Crippen LogP contribution in [0.5, 0.6) is 5.75 Å². The van der Waals surface area contributed by atoms with Crippen LogP contribution >= 0.6 is 0 Å². The van der Waals surface area contributed by atoms with Crippen LogP contribution < -0.4 is 10.1 Å². The topological polar surface area (TPSA) is 209 Å². The standard InChI is InChI=1S/C18H24N2O11/c1-2-13(24)19-14-11(22)7-18(17(26)27,31-16(14)15(25)12(23)8-21)30-10-5-3-9(4-6-10)20(28)29/h3-6,11-12,14-16,21-23,25H,2,7-8H2,1H3,(H,19,24)(H,26,27)/t11-,12+,14+,15+,16+,18+/m0/s1. The Morgan fingerprint density at radius 3 is 2.45 bits per heavy atom. The van der Waals surface area contributed by atoms with Gasteiger partial charge >= 0.3 is 11.8 Å². The van der Waals surface area contributed by atoms with Gasteiger partial charge in [-0.25, -0.2) is 4.79 Å². The molecule has 1 fully saturated rings. The summed E-state index contributed by atoms with van der Waals surface area (Å²) in [5.41, 5.74) is -0.275. The number of hydrogen-bond acceptors (Lipinski definition) is 10. The molecule has 0 aromatic heterocycles. The van der Waals surface area contributed by atoms with Crippen LogP contribution in [0.2, 0.25) is 0 Å². The van der Waals surface area contributed by atoms with E-state index in [4.69, 9.17) is 14.6 Å². The number of non-ortho nitro benzene ring substituents is 1. The van der Waals surface area contributed by atoms with Gasteiger partial charge in [0, 0.05) is 18.6 Å². The molecule has 0 unspecified atom stereocenters. The number of ether oxygens (including phenoxy) is 2. The van der Waals surface area contributed by atoms with Crippen molar-refractivity contribution in [3.63, 3.8) is 0 Å². The first-order valence-corrected chi connectivity index (χ1v) is 9.33. The molecule has 1 heterocycles. The van der Waals surface area contributed by atoms with E-state index in [1.54, 1.807) is 0 Å². The largest absolute Gasteiger partial charge is 0.476 e. The summed E-state index contributed by atoms with van der Waals surface area (Å²) >= 11 is 0. The van der Waals surface area contributed by atoms with Gasteiger partial charge in [0.05, 0.1) is 30.1 Å². The highest BCUT2D eigenvalue weighted by Gasteiger charge is 2.56. The second kappa shape index (κ2) is 9.98. The summed E-state index contributed by atoms with van der Waals surface area (Å²) in [5, 5.41) is 62.9. The van der Waals surface area contributed by atoms with Crippen molar-refractivity contribution >= 4 is 17.6 Å². The third kappa shape index (κ3) is 5.45. The number of amides is 1. The van der Waals surface area contributed by atoms with Gasteiger partial charge in [-0.15, -0.1) is 0 Å². The van der Waals surface area contributed by atoms with Gasteiger partial charge in [-0.2, -0.15) is 0 Å². The van der Waals surface area contributed by atoms with E-state index < -0.39 is 66.1 Å². The van der Waals surface area contributed by atoms with Gasteiger partial charge in [0.2, 0.25) is 5.91 Å². The molecule has 0 aliphatic carbocycles. The molecule has 172 valence electrons. The van der Waals surface area contributed by atoms with Crippen LogP contribution in [0.1, 0.15) is 19.8 Å². The molecule has 6 atom stereocenters. The molecule has 1 amide bonds. The molecule has 1 aromatic carbocycles. The average Bonchev–Trinajstić information content (AvgIpc) is 2.74. The summed E-state index contributed by atoms with van der Waals surface area (Å²) in [6.45, 7) is 0.619. The predicted molar refractivity (Wildman–Crippen MR) is 101 cm³/mol. The second-order valence-corrected chi connectivity index (χ2v) is 6.95. The zero-order valence-electron chi connectivity index (χ0n) is 16.5. The van der Waals surface area contributed by atoms with Gasteiger partial charge in [-0.1, -0.05) is 6.92 Å². The maximum atomic E-state index is 12.0. The Bertz CT molecular complexity index is 802. The summed E-state index contributed by atoms with van der Waals surface area (Å²) in [6, 6.07) is 3.05. The maximum absolute atomic E-state index is 12.0. The van der Waals surface area contributed by atoms with Crippen LogP contribution in [0, 0.1) is 10.1 Å². The van der Waals surface area contributed by atoms with Crippen molar-refractivity contribution in [3.05, 3.63) is 34.4 Å². The molecule has 0 radical (unpaired) electrons. The van der Waals surface area contributed by atoms with Crippen molar-refractivity contribution in [1.29, 1.82) is 0 Å². The Balaban J connectivity index is 2.40. The van der Waals surface area contributed by atoms with Crippen LogP contribution in [0.15, 0.2) is 24.3 Å². The normalized spacial score (nSPS) is 27.7. The van der Waals surface area contributed by atoms with Crippen LogP contribution in [-0.2, 0) is 14.3 Å². The lowest BCUT2D eigenvalue weighted by molar-refractivity contribution is -0.384. The van der Waals surface area contributed by atoms with Crippen LogP contribution in [-0.4, -0.2) is 85.2 Å². The first-order valence-electron chi connectivity index (χ1n) is 9.33. The van der Waals surface area contributed by atoms with Crippen molar-refractivity contribution < 1.29 is 49.5 Å². The van der Waals surface area contributed by atoms with E-state index in [0.29, 0.717) is 0 Å². The summed E-state index contributed by atoms with van der Waals surface area (Å²) in [7, 11) is 0. The quantitative estimate of drug-likeness (QED) is 0.191. The zero-order chi connectivity index (χ0) is 23.3. The highest BCUT2D eigenvalue weighted by atomic mass is 16.7. The van der Waals surface area contributed by atoms with E-state index in [9.17, 15) is 40.1 Å². The van der Waals surface area contributed by atoms with Gasteiger partial charge < -0.3 is 40.3 Å². The first-order chi connectivity index (χ1) is 14.5. The van der Waals surface area contributed by atoms with E-state index in [-0.39, 0.29) is 17.9 Å². The molecule has 1 aliphatic heterocycles. The number of aliphatic hydroxyl groups excluding tert-OH is 4. The number of benzene rings is 1. The molecule has 13 heteroatoms. The van der Waals surface area contributed by atoms with Crippen molar-refractivity contribution in [2.75, 3.05) is 6.61 Å². The predicted octanol–water partition coefficient (Wildman–Crippen LogP) is -1.49. The highest BCUT2D eigenvalue weighted by Crippen LogP contribution is 2.35. The molecule has 6 N–H and O–H groups in total. The Labute approximate surface area is 176 Å². The molecule has 31 heavy (non-hydrogen) atoms. The van der Waals surface area contributed by atoms with E-state index in [0.717, 1.165) is 24.3 Å². The lowest BCUT2D eigenvalue weighted by Gasteiger charge is -2.46. The Hall–Kier alpha value is -2.84. The fourth-order valence-corrected chi connectivity index (χ4v) is 3.11. The molecule has 2 rings (SSSR count). The zero-order valence-corrected chi connectivity index (χ0v) is 16.5. The summed E-state index contributed by atoms with van der Waals surface area (Å²) in [4.78, 5) is 34.0. The number of nitrogens with one attached hydrogen (secondary N) is 1. The summed E-state index contributed by atoms with van der Waals surface area (Å²) in [6.07, 6.45) is -7.63. The third-order valence-corrected chi connectivity index (χ3v) is 4.80. The van der Waals surface area contributed by atoms with Crippen molar-refractivity contribution in [2.24, 2.45) is 0 Å². The number of rotatable bonds is 9. The minimum Gasteiger partial charge on any atom is -0.476 e. The van der Waals surface area contributed by atoms with E-state index >= 15 is 0 Å². The highest BCUT2D eigenvalue weighted by molar-refractivity contribution is 5.77. The lowest BCUT2D eigenvalue weighted by Crippen LogP contribution is -2.68. The Morgan fingerprint density at radius 1 is 1.35 bits per heavy atom. The molecular weight excluding hydrogens is 420 g/mol. The molecular formula is C18H24N2O11. The second-order valence-electron chi connectivity index (χ2n) is 6.95. The molecule has 0 saturated carbocycles. The van der Waals surface area contributed by atoms with E-state index in [1.807, 2.05) is 0 Å². The van der Waals surface area contributed by atoms with Crippen LogP contribution in [0.3, 0.4) is 0 Å². The Morgan fingerprint density at radius 2 is 1.97 bits per heavy atom. The lowest BCUT2D eigenvalue weighted by atomic mass is 9.88. The number of carboxylic acid groups (broad SMARTS) is 1. The van der Waals surface area contributed by atoms with Gasteiger partial charge in [0.25, 0.3) is 5.69 Å². The molecule has 1 aromatic rings. The molecule has 1 aliphatic rings. The Kier molecular flexibility index (Phi) is 7.86. The number of carbonyl (C=O) groups is 2. The fourth-order valence-electron chi connectivity index (χ4n) is 3.11. The molecule has 1 saturated heterocycles. The minimum atomic E-state index is -2.57. The molecule has 0 bridgehead atoms. The van der Waals surface area contributed by atoms with Crippen molar-refractivity contribution in [3.8, 4) is 5.75 Å². The van der Waals surface area contributed by atoms with Crippen LogP contribution in [0.25, 0.3) is 0 Å². The number of aliphatic hydroxyl groups is 4. The smallest absolute Gasteiger partial charge is 0.377 e. The van der Waals surface area contributed by atoms with Gasteiger partial charge in [0.15, 0.2) is 0 Å². The number of carbonyl (C=O) groups excluding carboxylic acids is 1. The molecule has 13 nitrogen and oxygen atoms in total. The monoisotopic (exact) mass is 444 g/mol. The van der Waals surface area contributed by atoms with Crippen LogP contribution in [0.4, 0.5) is 5.69 Å². The minimum absolute atomic E-state index is 0.0119. The maximum Gasteiger partial charge on any atom is 0.377 e. The summed E-state index contributed by atoms with van der Waals surface area (Å²) < 4.78 is 10.9. The van der Waals surface area contributed by atoms with Gasteiger partial charge in [-0.05, 0) is 12.1 Å². The van der Waals surface area contributed by atoms with Gasteiger partial charge in [-0.3, -0.25) is 14.9 Å². The van der Waals surface area contributed by atoms with Crippen molar-refractivity contribution in [2.45, 2.75) is 56.0 Å². The number of nitro benzene ring substituents is 1.